The number of hydrogen-bond acceptors (Lipinski definition) is 5. The minimum atomic E-state index is 0.409. The van der Waals surface area contributed by atoms with E-state index in [4.69, 9.17) is 14.2 Å². The molecule has 7 nitrogen and oxygen atoms in total. The summed E-state index contributed by atoms with van der Waals surface area (Å²) < 4.78 is 15.8. The summed E-state index contributed by atoms with van der Waals surface area (Å²) in [5.74, 6) is 2.11. The maximum absolute atomic E-state index is 11.0. The van der Waals surface area contributed by atoms with Gasteiger partial charge in [0.2, 0.25) is 6.41 Å². The van der Waals surface area contributed by atoms with Crippen LogP contribution in [0.25, 0.3) is 0 Å². The number of benzene rings is 2. The summed E-state index contributed by atoms with van der Waals surface area (Å²) in [6.07, 6.45) is 2.80. The normalized spacial score (nSPS) is 10.5. The van der Waals surface area contributed by atoms with Crippen molar-refractivity contribution in [2.45, 2.75) is 13.3 Å². The van der Waals surface area contributed by atoms with Crippen molar-refractivity contribution < 1.29 is 19.0 Å². The highest BCUT2D eigenvalue weighted by atomic mass is 16.5. The molecule has 0 saturated heterocycles. The number of carbonyl (C=O) groups is 1. The summed E-state index contributed by atoms with van der Waals surface area (Å²) in [6.45, 7) is 6.47. The highest BCUT2D eigenvalue weighted by molar-refractivity contribution is 5.65. The van der Waals surface area contributed by atoms with Crippen LogP contribution >= 0.6 is 0 Å². The Morgan fingerprint density at radius 1 is 1.10 bits per heavy atom. The van der Waals surface area contributed by atoms with Crippen LogP contribution in [-0.4, -0.2) is 45.6 Å². The molecule has 0 unspecified atom stereocenters. The zero-order chi connectivity index (χ0) is 21.2. The molecule has 0 aliphatic carbocycles. The van der Waals surface area contributed by atoms with E-state index in [1.165, 1.54) is 0 Å². The van der Waals surface area contributed by atoms with Gasteiger partial charge in [-0.2, -0.15) is 0 Å². The topological polar surface area (TPSA) is 72.4 Å². The van der Waals surface area contributed by atoms with Crippen LogP contribution in [0, 0.1) is 6.92 Å². The Labute approximate surface area is 171 Å². The molecule has 154 valence electrons. The monoisotopic (exact) mass is 397 g/mol. The van der Waals surface area contributed by atoms with Gasteiger partial charge in [0.25, 0.3) is 0 Å². The fraction of sp³-hybridized carbons (Fsp3) is 0.273. The predicted octanol–water partition coefficient (Wildman–Crippen LogP) is 3.44. The van der Waals surface area contributed by atoms with E-state index in [1.54, 1.807) is 32.7 Å². The van der Waals surface area contributed by atoms with Crippen LogP contribution in [0.15, 0.2) is 53.5 Å². The van der Waals surface area contributed by atoms with Crippen LogP contribution in [0.1, 0.15) is 11.1 Å². The standard InChI is InChI=1S/C22H27N3O4/c1-16(10-18-6-9-21(28-4)22(12-18)29-5)13-25(24-15-26)14-23-20-8-7-19(27-3)11-17(20)2/h6-9,11-12,14-15H,1,10,13H2,2-5H3,(H,24,26). The first kappa shape index (κ1) is 21.8. The van der Waals surface area contributed by atoms with Gasteiger partial charge in [-0.25, -0.2) is 4.99 Å². The molecule has 0 fully saturated rings. The van der Waals surface area contributed by atoms with E-state index in [0.717, 1.165) is 28.1 Å². The minimum Gasteiger partial charge on any atom is -0.497 e. The molecule has 0 bridgehead atoms. The van der Waals surface area contributed by atoms with Crippen molar-refractivity contribution in [3.05, 3.63) is 59.7 Å². The molecule has 2 rings (SSSR count). The van der Waals surface area contributed by atoms with Crippen molar-refractivity contribution in [3.8, 4) is 17.2 Å². The highest BCUT2D eigenvalue weighted by Gasteiger charge is 2.08. The maximum atomic E-state index is 11.0. The molecule has 2 aromatic rings. The molecule has 0 atom stereocenters. The molecule has 1 amide bonds. The number of carbonyl (C=O) groups excluding carboxylic acids is 1. The van der Waals surface area contributed by atoms with Crippen LogP contribution in [-0.2, 0) is 11.2 Å². The van der Waals surface area contributed by atoms with Gasteiger partial charge in [-0.05, 0) is 54.8 Å². The van der Waals surface area contributed by atoms with Gasteiger partial charge in [-0.1, -0.05) is 18.2 Å². The fourth-order valence-corrected chi connectivity index (χ4v) is 2.80. The number of ether oxygens (including phenoxy) is 3. The van der Waals surface area contributed by atoms with Crippen molar-refractivity contribution in [1.29, 1.82) is 0 Å². The van der Waals surface area contributed by atoms with E-state index in [2.05, 4.69) is 17.0 Å². The Kier molecular flexibility index (Phi) is 8.09. The second-order valence-electron chi connectivity index (χ2n) is 6.39. The van der Waals surface area contributed by atoms with E-state index in [-0.39, 0.29) is 0 Å². The lowest BCUT2D eigenvalue weighted by molar-refractivity contribution is -0.112. The summed E-state index contributed by atoms with van der Waals surface area (Å²) in [7, 11) is 4.82. The first-order chi connectivity index (χ1) is 14.0. The number of aryl methyl sites for hydroxylation is 1. The van der Waals surface area contributed by atoms with Crippen molar-refractivity contribution >= 4 is 18.4 Å². The van der Waals surface area contributed by atoms with Crippen LogP contribution in [0.4, 0.5) is 5.69 Å². The molecule has 29 heavy (non-hydrogen) atoms. The van der Waals surface area contributed by atoms with Crippen molar-refractivity contribution in [2.75, 3.05) is 27.9 Å². The number of rotatable bonds is 11. The highest BCUT2D eigenvalue weighted by Crippen LogP contribution is 2.28. The maximum Gasteiger partial charge on any atom is 0.225 e. The Hall–Kier alpha value is -3.48. The smallest absolute Gasteiger partial charge is 0.225 e. The van der Waals surface area contributed by atoms with Gasteiger partial charge in [0.05, 0.1) is 33.6 Å². The van der Waals surface area contributed by atoms with E-state index < -0.39 is 0 Å². The van der Waals surface area contributed by atoms with Gasteiger partial charge in [0, 0.05) is 0 Å². The van der Waals surface area contributed by atoms with Gasteiger partial charge in [0.15, 0.2) is 11.5 Å². The molecule has 0 aliphatic heterocycles. The molecule has 0 saturated carbocycles. The fourth-order valence-electron chi connectivity index (χ4n) is 2.80. The van der Waals surface area contributed by atoms with Crippen LogP contribution in [0.2, 0.25) is 0 Å². The molecule has 1 N–H and O–H groups in total. The van der Waals surface area contributed by atoms with Crippen LogP contribution in [0.5, 0.6) is 17.2 Å². The largest absolute Gasteiger partial charge is 0.497 e. The number of aliphatic imine (C=N–C) groups is 1. The van der Waals surface area contributed by atoms with Gasteiger partial charge < -0.3 is 14.2 Å². The minimum absolute atomic E-state index is 0.409. The van der Waals surface area contributed by atoms with Crippen LogP contribution < -0.4 is 19.6 Å². The molecule has 0 radical (unpaired) electrons. The second kappa shape index (κ2) is 10.8. The quantitative estimate of drug-likeness (QED) is 0.207. The second-order valence-corrected chi connectivity index (χ2v) is 6.39. The number of nitrogens with zero attached hydrogens (tertiary/aromatic N) is 2. The summed E-state index contributed by atoms with van der Waals surface area (Å²) in [5, 5.41) is 1.58. The Balaban J connectivity index is 2.06. The van der Waals surface area contributed by atoms with Gasteiger partial charge in [-0.15, -0.1) is 0 Å². The van der Waals surface area contributed by atoms with Crippen molar-refractivity contribution in [2.24, 2.45) is 4.99 Å². The van der Waals surface area contributed by atoms with E-state index in [9.17, 15) is 4.79 Å². The van der Waals surface area contributed by atoms with Crippen molar-refractivity contribution in [1.82, 2.24) is 10.4 Å². The molecular weight excluding hydrogens is 370 g/mol. The summed E-state index contributed by atoms with van der Waals surface area (Å²) in [6, 6.07) is 11.3. The zero-order valence-electron chi connectivity index (χ0n) is 17.3. The third kappa shape index (κ3) is 6.27. The summed E-state index contributed by atoms with van der Waals surface area (Å²) in [5.41, 5.74) is 6.30. The lowest BCUT2D eigenvalue weighted by Crippen LogP contribution is -2.37. The lowest BCUT2D eigenvalue weighted by atomic mass is 10.1. The average molecular weight is 397 g/mol. The van der Waals surface area contributed by atoms with Gasteiger partial charge >= 0.3 is 0 Å². The number of nitrogens with one attached hydrogen (secondary N) is 1. The van der Waals surface area contributed by atoms with E-state index in [1.807, 2.05) is 43.3 Å². The SMILES string of the molecule is C=C(Cc1ccc(OC)c(OC)c1)CN(C=Nc1ccc(OC)cc1C)NC=O. The summed E-state index contributed by atoms with van der Waals surface area (Å²) in [4.78, 5) is 15.4. The van der Waals surface area contributed by atoms with Gasteiger partial charge in [-0.3, -0.25) is 15.2 Å². The third-order valence-electron chi connectivity index (χ3n) is 4.25. The zero-order valence-corrected chi connectivity index (χ0v) is 17.3. The molecule has 0 aliphatic rings. The molecule has 7 heteroatoms. The van der Waals surface area contributed by atoms with E-state index >= 15 is 0 Å². The predicted molar refractivity (Wildman–Crippen MR) is 114 cm³/mol. The Bertz CT molecular complexity index is 880. The Morgan fingerprint density at radius 3 is 2.48 bits per heavy atom. The number of methoxy groups -OCH3 is 3. The van der Waals surface area contributed by atoms with E-state index in [0.29, 0.717) is 30.9 Å². The average Bonchev–Trinajstić information content (AvgIpc) is 2.72. The molecule has 0 aromatic heterocycles. The molecule has 0 spiro atoms. The molecule has 2 aromatic carbocycles. The first-order valence-electron chi connectivity index (χ1n) is 9.03. The van der Waals surface area contributed by atoms with Gasteiger partial charge in [0.1, 0.15) is 12.1 Å². The first-order valence-corrected chi connectivity index (χ1v) is 9.03. The Morgan fingerprint density at radius 2 is 1.86 bits per heavy atom. The molecular formula is C22H27N3O4. The summed E-state index contributed by atoms with van der Waals surface area (Å²) >= 11 is 0. The third-order valence-corrected chi connectivity index (χ3v) is 4.25. The number of hydrogen-bond donors (Lipinski definition) is 1. The molecule has 0 heterocycles. The van der Waals surface area contributed by atoms with Crippen molar-refractivity contribution in [3.63, 3.8) is 0 Å². The lowest BCUT2D eigenvalue weighted by Gasteiger charge is -2.19. The van der Waals surface area contributed by atoms with Crippen LogP contribution in [0.3, 0.4) is 0 Å². The number of hydrazine groups is 1. The number of amides is 1.